The number of hydrogen-bond acceptors (Lipinski definition) is 9. The molecule has 2 aromatic carbocycles. The molecule has 1 aliphatic carbocycles. The maximum atomic E-state index is 14.5. The number of ether oxygens (including phenoxy) is 3. The monoisotopic (exact) mass is 738 g/mol. The van der Waals surface area contributed by atoms with E-state index in [2.05, 4.69) is 33.9 Å². The molecule has 2 aliphatic rings. The Morgan fingerprint density at radius 2 is 1.68 bits per heavy atom. The van der Waals surface area contributed by atoms with Crippen molar-refractivity contribution < 1.29 is 33.4 Å². The summed E-state index contributed by atoms with van der Waals surface area (Å²) in [4.78, 5) is 58.8. The molecule has 11 nitrogen and oxygen atoms in total. The van der Waals surface area contributed by atoms with Crippen LogP contribution in [0.1, 0.15) is 101 Å². The molecule has 1 fully saturated rings. The summed E-state index contributed by atoms with van der Waals surface area (Å²) >= 11 is 1.57. The van der Waals surface area contributed by atoms with Crippen molar-refractivity contribution in [3.8, 4) is 27.3 Å². The van der Waals surface area contributed by atoms with Gasteiger partial charge in [0.25, 0.3) is 11.8 Å². The van der Waals surface area contributed by atoms with Crippen LogP contribution in [0.3, 0.4) is 0 Å². The van der Waals surface area contributed by atoms with Gasteiger partial charge in [0, 0.05) is 52.3 Å². The zero-order valence-electron chi connectivity index (χ0n) is 31.3. The highest BCUT2D eigenvalue weighted by atomic mass is 32.1. The van der Waals surface area contributed by atoms with E-state index in [1.807, 2.05) is 31.4 Å². The summed E-state index contributed by atoms with van der Waals surface area (Å²) in [6.45, 7) is 12.5. The van der Waals surface area contributed by atoms with Gasteiger partial charge in [-0.2, -0.15) is 0 Å². The molecule has 3 amide bonds. The number of benzene rings is 2. The van der Waals surface area contributed by atoms with E-state index in [1.54, 1.807) is 56.4 Å². The maximum Gasteiger partial charge on any atom is 0.407 e. The summed E-state index contributed by atoms with van der Waals surface area (Å²) < 4.78 is 16.7. The number of carbonyl (C=O) groups excluding carboxylic acids is 4. The number of nitrogens with one attached hydrogen (secondary N) is 3. The third kappa shape index (κ3) is 8.38. The largest absolute Gasteiger partial charge is 0.493 e. The lowest BCUT2D eigenvalue weighted by Gasteiger charge is -2.38. The summed E-state index contributed by atoms with van der Waals surface area (Å²) in [5, 5.41) is 10.9. The standard InChI is InChI=1S/C41H46N4O7S/c1-23-17-25(21-42-39(49)52-40(3,4)5)18-24(2)33(23)45-36(46)29-19-30-32(51-15-11-26-12-16-53-35(26)30)20-28(29)27-9-10-31(44-34(27)38(48)50-7)37(47)43-22-41(6)13-8-14-41/h9-10,12,16-20H,8,11,13-15,21-22H2,1-7H3,(H,42,49)(H,43,47)(H,45,46). The van der Waals surface area contributed by atoms with Crippen LogP contribution in [0.25, 0.3) is 21.6 Å². The van der Waals surface area contributed by atoms with E-state index in [9.17, 15) is 19.2 Å². The van der Waals surface area contributed by atoms with E-state index >= 15 is 0 Å². The summed E-state index contributed by atoms with van der Waals surface area (Å²) in [6.07, 6.45) is 3.41. The van der Waals surface area contributed by atoms with Crippen molar-refractivity contribution in [2.24, 2.45) is 5.41 Å². The molecule has 6 rings (SSSR count). The number of anilines is 1. The van der Waals surface area contributed by atoms with Gasteiger partial charge in [0.05, 0.1) is 13.7 Å². The van der Waals surface area contributed by atoms with E-state index < -0.39 is 23.6 Å². The predicted octanol–water partition coefficient (Wildman–Crippen LogP) is 8.01. The molecule has 53 heavy (non-hydrogen) atoms. The van der Waals surface area contributed by atoms with Crippen molar-refractivity contribution >= 4 is 40.9 Å². The Morgan fingerprint density at radius 3 is 2.34 bits per heavy atom. The summed E-state index contributed by atoms with van der Waals surface area (Å²) in [7, 11) is 1.25. The van der Waals surface area contributed by atoms with E-state index in [0.29, 0.717) is 42.1 Å². The molecule has 0 atom stereocenters. The number of thiophene rings is 1. The first kappa shape index (κ1) is 37.5. The Labute approximate surface area is 313 Å². The van der Waals surface area contributed by atoms with Gasteiger partial charge in [-0.05, 0) is 111 Å². The smallest absolute Gasteiger partial charge is 0.407 e. The van der Waals surface area contributed by atoms with Gasteiger partial charge in [-0.1, -0.05) is 25.5 Å². The molecule has 0 bridgehead atoms. The average Bonchev–Trinajstić information content (AvgIpc) is 3.50. The van der Waals surface area contributed by atoms with Crippen molar-refractivity contribution in [2.45, 2.75) is 79.4 Å². The van der Waals surface area contributed by atoms with Crippen LogP contribution in [0.4, 0.5) is 10.5 Å². The zero-order valence-corrected chi connectivity index (χ0v) is 32.1. The van der Waals surface area contributed by atoms with Crippen LogP contribution in [-0.4, -0.2) is 54.7 Å². The van der Waals surface area contributed by atoms with Gasteiger partial charge >= 0.3 is 12.1 Å². The minimum atomic E-state index is -0.745. The molecule has 0 radical (unpaired) electrons. The number of alkyl carbamates (subject to hydrolysis) is 1. The van der Waals surface area contributed by atoms with Crippen molar-refractivity contribution in [2.75, 3.05) is 25.6 Å². The van der Waals surface area contributed by atoms with Crippen molar-refractivity contribution in [1.82, 2.24) is 15.6 Å². The van der Waals surface area contributed by atoms with Crippen LogP contribution in [0.2, 0.25) is 0 Å². The van der Waals surface area contributed by atoms with Crippen LogP contribution < -0.4 is 20.7 Å². The Balaban J connectivity index is 1.37. The zero-order chi connectivity index (χ0) is 38.1. The molecule has 4 aromatic rings. The first-order valence-electron chi connectivity index (χ1n) is 17.8. The normalized spacial score (nSPS) is 14.3. The number of hydrogen-bond donors (Lipinski definition) is 3. The van der Waals surface area contributed by atoms with Crippen LogP contribution in [-0.2, 0) is 22.4 Å². The van der Waals surface area contributed by atoms with Crippen molar-refractivity contribution in [1.29, 1.82) is 0 Å². The summed E-state index contributed by atoms with van der Waals surface area (Å²) in [5.41, 5.74) is 5.36. The average molecular weight is 739 g/mol. The number of pyridine rings is 1. The van der Waals surface area contributed by atoms with Gasteiger partial charge in [0.1, 0.15) is 17.0 Å². The Morgan fingerprint density at radius 1 is 0.943 bits per heavy atom. The third-order valence-electron chi connectivity index (χ3n) is 9.68. The molecule has 278 valence electrons. The number of methoxy groups -OCH3 is 1. The molecular weight excluding hydrogens is 693 g/mol. The molecule has 1 aliphatic heterocycles. The lowest BCUT2D eigenvalue weighted by atomic mass is 9.70. The molecule has 1 saturated carbocycles. The van der Waals surface area contributed by atoms with Gasteiger partial charge < -0.3 is 30.2 Å². The number of amides is 3. The first-order valence-corrected chi connectivity index (χ1v) is 18.7. The Kier molecular flexibility index (Phi) is 10.6. The fourth-order valence-corrected chi connectivity index (χ4v) is 7.72. The minimum Gasteiger partial charge on any atom is -0.493 e. The lowest BCUT2D eigenvalue weighted by molar-refractivity contribution is 0.0522. The highest BCUT2D eigenvalue weighted by Crippen LogP contribution is 2.44. The summed E-state index contributed by atoms with van der Waals surface area (Å²) in [6, 6.07) is 12.6. The van der Waals surface area contributed by atoms with Crippen LogP contribution in [0.15, 0.2) is 47.8 Å². The highest BCUT2D eigenvalue weighted by Gasteiger charge is 2.33. The highest BCUT2D eigenvalue weighted by molar-refractivity contribution is 7.13. The second-order valence-corrected chi connectivity index (χ2v) is 16.0. The number of aryl methyl sites for hydroxylation is 2. The topological polar surface area (TPSA) is 145 Å². The predicted molar refractivity (Wildman–Crippen MR) is 205 cm³/mol. The lowest BCUT2D eigenvalue weighted by Crippen LogP contribution is -2.40. The van der Waals surface area contributed by atoms with Gasteiger partial charge in [-0.15, -0.1) is 11.3 Å². The molecule has 3 heterocycles. The van der Waals surface area contributed by atoms with Crippen LogP contribution in [0.5, 0.6) is 5.75 Å². The first-order chi connectivity index (χ1) is 25.1. The third-order valence-corrected chi connectivity index (χ3v) is 10.7. The second kappa shape index (κ2) is 15.0. The molecule has 3 N–H and O–H groups in total. The quantitative estimate of drug-likeness (QED) is 0.147. The van der Waals surface area contributed by atoms with Crippen molar-refractivity contribution in [3.63, 3.8) is 0 Å². The van der Waals surface area contributed by atoms with E-state index in [0.717, 1.165) is 52.0 Å². The van der Waals surface area contributed by atoms with Gasteiger partial charge in [-0.3, -0.25) is 9.59 Å². The molecular formula is C41H46N4O7S. The van der Waals surface area contributed by atoms with Gasteiger partial charge in [0.2, 0.25) is 0 Å². The van der Waals surface area contributed by atoms with Crippen LogP contribution in [0, 0.1) is 19.3 Å². The van der Waals surface area contributed by atoms with Gasteiger partial charge in [-0.25, -0.2) is 14.6 Å². The number of aromatic nitrogens is 1. The van der Waals surface area contributed by atoms with E-state index in [1.165, 1.54) is 7.11 Å². The van der Waals surface area contributed by atoms with E-state index in [4.69, 9.17) is 14.2 Å². The number of fused-ring (bicyclic) bond motifs is 3. The summed E-state index contributed by atoms with van der Waals surface area (Å²) in [5.74, 6) is -0.981. The van der Waals surface area contributed by atoms with Crippen LogP contribution >= 0.6 is 11.3 Å². The molecule has 0 saturated heterocycles. The molecule has 12 heteroatoms. The molecule has 2 aromatic heterocycles. The number of rotatable bonds is 9. The minimum absolute atomic E-state index is 0.0569. The van der Waals surface area contributed by atoms with Gasteiger partial charge in [0.15, 0.2) is 5.69 Å². The second-order valence-electron chi connectivity index (χ2n) is 15.1. The Bertz CT molecular complexity index is 2070. The fraction of sp³-hybridized carbons (Fsp3) is 0.390. The molecule has 0 unspecified atom stereocenters. The SMILES string of the molecule is COC(=O)c1nc(C(=O)NCC2(C)CCC2)ccc1-c1cc2c(cc1C(=O)Nc1c(C)cc(CNC(=O)OC(C)(C)C)cc1C)-c1sccc1CCO2. The van der Waals surface area contributed by atoms with Crippen molar-refractivity contribution in [3.05, 3.63) is 87.0 Å². The van der Waals surface area contributed by atoms with E-state index in [-0.39, 0.29) is 34.8 Å². The number of nitrogens with zero attached hydrogens (tertiary/aromatic N) is 1. The number of carbonyl (C=O) groups is 4. The Hall–Kier alpha value is -5.23. The maximum absolute atomic E-state index is 14.5. The fourth-order valence-electron chi connectivity index (χ4n) is 6.75. The molecule has 0 spiro atoms. The number of esters is 1.